The molecule has 10 nitrogen and oxygen atoms in total. The number of carbonyl (C=O) groups is 2. The maximum Gasteiger partial charge on any atom is 0.306 e. The van der Waals surface area contributed by atoms with E-state index in [0.717, 1.165) is 57.8 Å². The van der Waals surface area contributed by atoms with E-state index in [-0.39, 0.29) is 26.1 Å². The number of ether oxygens (including phenoxy) is 4. The lowest BCUT2D eigenvalue weighted by Gasteiger charge is -2.39. The number of hydrogen-bond donors (Lipinski definition) is 4. The van der Waals surface area contributed by atoms with Crippen molar-refractivity contribution in [2.75, 3.05) is 19.8 Å². The summed E-state index contributed by atoms with van der Waals surface area (Å²) in [5.41, 5.74) is 0. The molecule has 10 heteroatoms. The Labute approximate surface area is 332 Å². The molecule has 0 aromatic carbocycles. The molecule has 1 fully saturated rings. The fourth-order valence-corrected chi connectivity index (χ4v) is 5.93. The van der Waals surface area contributed by atoms with Crippen molar-refractivity contribution in [3.8, 4) is 0 Å². The quantitative estimate of drug-likeness (QED) is 0.0284. The van der Waals surface area contributed by atoms with Gasteiger partial charge in [-0.3, -0.25) is 9.59 Å². The molecule has 0 spiro atoms. The van der Waals surface area contributed by atoms with Crippen LogP contribution in [0.5, 0.6) is 0 Å². The Balaban J connectivity index is 2.42. The first-order valence-corrected chi connectivity index (χ1v) is 21.4. The van der Waals surface area contributed by atoms with E-state index in [4.69, 9.17) is 18.9 Å². The first-order chi connectivity index (χ1) is 26.8. The summed E-state index contributed by atoms with van der Waals surface area (Å²) in [5.74, 6) is -0.895. The van der Waals surface area contributed by atoms with Gasteiger partial charge in [0.15, 0.2) is 12.4 Å². The van der Waals surface area contributed by atoms with Crippen molar-refractivity contribution in [3.05, 3.63) is 60.8 Å². The van der Waals surface area contributed by atoms with Crippen LogP contribution < -0.4 is 0 Å². The highest BCUT2D eigenvalue weighted by Crippen LogP contribution is 2.22. The highest BCUT2D eigenvalue weighted by molar-refractivity contribution is 5.70. The third-order valence-electron chi connectivity index (χ3n) is 9.38. The average molecular weight is 777 g/mol. The van der Waals surface area contributed by atoms with E-state index in [1.54, 1.807) is 0 Å². The van der Waals surface area contributed by atoms with E-state index < -0.39 is 55.4 Å². The molecule has 1 heterocycles. The molecule has 2 unspecified atom stereocenters. The van der Waals surface area contributed by atoms with Crippen molar-refractivity contribution < 1.29 is 49.0 Å². The Hall–Kier alpha value is -2.60. The van der Waals surface area contributed by atoms with Crippen molar-refractivity contribution in [1.82, 2.24) is 0 Å². The fraction of sp³-hybridized carbons (Fsp3) is 0.733. The lowest BCUT2D eigenvalue weighted by atomic mass is 9.99. The molecule has 1 saturated heterocycles. The number of rotatable bonds is 34. The van der Waals surface area contributed by atoms with Crippen molar-refractivity contribution in [2.45, 2.75) is 192 Å². The minimum atomic E-state index is -1.61. The van der Waals surface area contributed by atoms with Gasteiger partial charge in [0.1, 0.15) is 31.0 Å². The standard InChI is InChI=1S/C45H76O10/c1-3-5-7-9-11-13-15-17-19-21-23-25-27-29-31-33-40(47)52-36-38(37-53-45-44(51)43(50)42(49)39(35-46)55-45)54-41(48)34-32-30-28-26-24-22-20-18-16-14-12-10-8-6-4-2/h11,13,17-20,23-26,38-39,42-46,49-51H,3-10,12,14-16,21-22,27-37H2,1-2H3/b13-11+,19-17+,20-18+,25-23+,26-24+/t38-,39-,42+,43?,44?,45-/m0/s1. The topological polar surface area (TPSA) is 152 Å². The van der Waals surface area contributed by atoms with E-state index in [2.05, 4.69) is 74.6 Å². The number of aliphatic hydroxyl groups excluding tert-OH is 4. The highest BCUT2D eigenvalue weighted by atomic mass is 16.7. The second-order valence-electron chi connectivity index (χ2n) is 14.4. The van der Waals surface area contributed by atoms with Gasteiger partial charge < -0.3 is 39.4 Å². The van der Waals surface area contributed by atoms with Gasteiger partial charge in [0.25, 0.3) is 0 Å². The molecule has 55 heavy (non-hydrogen) atoms. The van der Waals surface area contributed by atoms with Gasteiger partial charge in [0.05, 0.1) is 13.2 Å². The van der Waals surface area contributed by atoms with E-state index in [1.165, 1.54) is 57.8 Å². The van der Waals surface area contributed by atoms with Crippen LogP contribution in [0.25, 0.3) is 0 Å². The second-order valence-corrected chi connectivity index (χ2v) is 14.4. The summed E-state index contributed by atoms with van der Waals surface area (Å²) >= 11 is 0. The number of aliphatic hydroxyl groups is 4. The van der Waals surface area contributed by atoms with E-state index in [1.807, 2.05) is 0 Å². The predicted molar refractivity (Wildman–Crippen MR) is 219 cm³/mol. The maximum absolute atomic E-state index is 12.7. The van der Waals surface area contributed by atoms with Crippen LogP contribution >= 0.6 is 0 Å². The predicted octanol–water partition coefficient (Wildman–Crippen LogP) is 8.66. The zero-order valence-corrected chi connectivity index (χ0v) is 34.2. The monoisotopic (exact) mass is 777 g/mol. The van der Waals surface area contributed by atoms with Crippen LogP contribution in [0.3, 0.4) is 0 Å². The minimum Gasteiger partial charge on any atom is -0.462 e. The van der Waals surface area contributed by atoms with Gasteiger partial charge in [-0.25, -0.2) is 0 Å². The molecule has 0 saturated carbocycles. The Kier molecular flexibility index (Phi) is 32.8. The van der Waals surface area contributed by atoms with Gasteiger partial charge in [-0.15, -0.1) is 0 Å². The molecule has 0 bridgehead atoms. The van der Waals surface area contributed by atoms with Gasteiger partial charge in [-0.05, 0) is 83.5 Å². The number of unbranched alkanes of at least 4 members (excludes halogenated alkanes) is 13. The summed E-state index contributed by atoms with van der Waals surface area (Å²) in [7, 11) is 0. The molecular formula is C45H76O10. The molecular weight excluding hydrogens is 700 g/mol. The first-order valence-electron chi connectivity index (χ1n) is 21.4. The normalized spacial score (nSPS) is 21.2. The molecule has 0 aromatic heterocycles. The largest absolute Gasteiger partial charge is 0.462 e. The molecule has 1 rings (SSSR count). The van der Waals surface area contributed by atoms with E-state index >= 15 is 0 Å². The Morgan fingerprint density at radius 2 is 1.02 bits per heavy atom. The summed E-state index contributed by atoms with van der Waals surface area (Å²) in [6.45, 7) is 3.29. The van der Waals surface area contributed by atoms with Crippen LogP contribution in [0.2, 0.25) is 0 Å². The third-order valence-corrected chi connectivity index (χ3v) is 9.38. The average Bonchev–Trinajstić information content (AvgIpc) is 3.18. The summed E-state index contributed by atoms with van der Waals surface area (Å²) < 4.78 is 22.0. The van der Waals surface area contributed by atoms with E-state index in [9.17, 15) is 30.0 Å². The molecule has 6 atom stereocenters. The second kappa shape index (κ2) is 35.8. The molecule has 316 valence electrons. The first kappa shape index (κ1) is 50.4. The fourth-order valence-electron chi connectivity index (χ4n) is 5.93. The van der Waals surface area contributed by atoms with Crippen LogP contribution in [-0.4, -0.2) is 89.0 Å². The third kappa shape index (κ3) is 27.6. The summed E-state index contributed by atoms with van der Waals surface area (Å²) in [4.78, 5) is 25.2. The van der Waals surface area contributed by atoms with Crippen LogP contribution in [0.4, 0.5) is 0 Å². The number of esters is 2. The minimum absolute atomic E-state index is 0.177. The van der Waals surface area contributed by atoms with Gasteiger partial charge in [0.2, 0.25) is 0 Å². The molecule has 0 aliphatic carbocycles. The van der Waals surface area contributed by atoms with Crippen LogP contribution in [-0.2, 0) is 28.5 Å². The van der Waals surface area contributed by atoms with Crippen molar-refractivity contribution in [3.63, 3.8) is 0 Å². The van der Waals surface area contributed by atoms with Crippen LogP contribution in [0.15, 0.2) is 60.8 Å². The maximum atomic E-state index is 12.7. The Morgan fingerprint density at radius 1 is 0.564 bits per heavy atom. The Morgan fingerprint density at radius 3 is 1.56 bits per heavy atom. The molecule has 0 aromatic rings. The number of hydrogen-bond acceptors (Lipinski definition) is 10. The van der Waals surface area contributed by atoms with Crippen molar-refractivity contribution in [1.29, 1.82) is 0 Å². The molecule has 1 aliphatic rings. The lowest BCUT2D eigenvalue weighted by Crippen LogP contribution is -2.59. The van der Waals surface area contributed by atoms with E-state index in [0.29, 0.717) is 12.8 Å². The number of allylic oxidation sites excluding steroid dienone is 10. The highest BCUT2D eigenvalue weighted by Gasteiger charge is 2.44. The van der Waals surface area contributed by atoms with Gasteiger partial charge in [-0.1, -0.05) is 120 Å². The molecule has 1 aliphatic heterocycles. The van der Waals surface area contributed by atoms with Crippen LogP contribution in [0.1, 0.15) is 155 Å². The Bertz CT molecular complexity index is 1080. The van der Waals surface area contributed by atoms with Gasteiger partial charge in [0, 0.05) is 12.8 Å². The van der Waals surface area contributed by atoms with Crippen LogP contribution in [0, 0.1) is 0 Å². The SMILES string of the molecule is CCCCC/C=C/C/C=C/C/C=C/CCCCC(=O)OC[C@@H](CO[C@H]1O[C@@H](CO)[C@@H](O)C(O)C1O)OC(=O)CCCC/C=C/C/C=C/CCCCCCCC. The van der Waals surface area contributed by atoms with Crippen molar-refractivity contribution >= 4 is 11.9 Å². The summed E-state index contributed by atoms with van der Waals surface area (Å²) in [6.07, 6.45) is 35.2. The van der Waals surface area contributed by atoms with Crippen molar-refractivity contribution in [2.24, 2.45) is 0 Å². The molecule has 0 radical (unpaired) electrons. The summed E-state index contributed by atoms with van der Waals surface area (Å²) in [5, 5.41) is 40.0. The summed E-state index contributed by atoms with van der Waals surface area (Å²) in [6, 6.07) is 0. The zero-order chi connectivity index (χ0) is 40.2. The van der Waals surface area contributed by atoms with Gasteiger partial charge in [-0.2, -0.15) is 0 Å². The van der Waals surface area contributed by atoms with Gasteiger partial charge >= 0.3 is 11.9 Å². The molecule has 4 N–H and O–H groups in total. The smallest absolute Gasteiger partial charge is 0.306 e. The lowest BCUT2D eigenvalue weighted by molar-refractivity contribution is -0.305. The zero-order valence-electron chi connectivity index (χ0n) is 34.2. The molecule has 0 amide bonds. The number of carbonyl (C=O) groups excluding carboxylic acids is 2.